The van der Waals surface area contributed by atoms with E-state index in [9.17, 15) is 0 Å². The first-order valence-corrected chi connectivity index (χ1v) is 11.0. The Morgan fingerprint density at radius 1 is 0.786 bits per heavy atom. The third-order valence-electron chi connectivity index (χ3n) is 7.68. The molecular weight excluding hydrogens is 340 g/mol. The summed E-state index contributed by atoms with van der Waals surface area (Å²) in [6.07, 6.45) is 5.65. The van der Waals surface area contributed by atoms with Gasteiger partial charge in [0.2, 0.25) is 0 Å². The molecule has 0 spiro atoms. The summed E-state index contributed by atoms with van der Waals surface area (Å²) in [5.74, 6) is 4.07. The van der Waals surface area contributed by atoms with Gasteiger partial charge in [0, 0.05) is 16.2 Å². The van der Waals surface area contributed by atoms with E-state index in [-0.39, 0.29) is 0 Å². The van der Waals surface area contributed by atoms with Crippen molar-refractivity contribution in [1.29, 1.82) is 0 Å². The van der Waals surface area contributed by atoms with Crippen molar-refractivity contribution in [1.82, 2.24) is 0 Å². The van der Waals surface area contributed by atoms with Gasteiger partial charge in [-0.05, 0) is 78.4 Å². The summed E-state index contributed by atoms with van der Waals surface area (Å²) in [6, 6.07) is 19.9. The number of hydrogen-bond acceptors (Lipinski definition) is 1. The molecule has 2 aliphatic rings. The van der Waals surface area contributed by atoms with E-state index >= 15 is 0 Å². The molecule has 4 aromatic rings. The van der Waals surface area contributed by atoms with Gasteiger partial charge >= 0.3 is 0 Å². The molecule has 3 aromatic carbocycles. The number of benzene rings is 3. The first kappa shape index (κ1) is 16.7. The average molecular weight is 369 g/mol. The maximum Gasteiger partial charge on any atom is 0.143 e. The van der Waals surface area contributed by atoms with Crippen LogP contribution in [0.25, 0.3) is 32.7 Å². The summed E-state index contributed by atoms with van der Waals surface area (Å²) < 4.78 is 6.46. The predicted molar refractivity (Wildman–Crippen MR) is 118 cm³/mol. The van der Waals surface area contributed by atoms with E-state index in [4.69, 9.17) is 4.42 Å². The Morgan fingerprint density at radius 3 is 2.61 bits per heavy atom. The largest absolute Gasteiger partial charge is 0.455 e. The topological polar surface area (TPSA) is 13.1 Å². The molecule has 0 saturated heterocycles. The Morgan fingerprint density at radius 2 is 1.68 bits per heavy atom. The maximum absolute atomic E-state index is 6.46. The van der Waals surface area contributed by atoms with Crippen LogP contribution in [0.1, 0.15) is 51.0 Å². The molecule has 0 aliphatic heterocycles. The van der Waals surface area contributed by atoms with Gasteiger partial charge in [-0.1, -0.05) is 56.3 Å². The van der Waals surface area contributed by atoms with E-state index in [1.54, 1.807) is 0 Å². The highest BCUT2D eigenvalue weighted by Gasteiger charge is 2.41. The third-order valence-corrected chi connectivity index (χ3v) is 7.68. The summed E-state index contributed by atoms with van der Waals surface area (Å²) in [4.78, 5) is 0. The minimum atomic E-state index is 0.662. The monoisotopic (exact) mass is 368 g/mol. The molecule has 5 atom stereocenters. The molecule has 5 unspecified atom stereocenters. The molecular formula is C27H28O. The van der Waals surface area contributed by atoms with Crippen LogP contribution in [-0.2, 0) is 0 Å². The molecule has 0 radical (unpaired) electrons. The van der Waals surface area contributed by atoms with Crippen LogP contribution in [-0.4, -0.2) is 0 Å². The fourth-order valence-corrected chi connectivity index (χ4v) is 6.84. The van der Waals surface area contributed by atoms with Gasteiger partial charge in [-0.2, -0.15) is 0 Å². The van der Waals surface area contributed by atoms with E-state index in [2.05, 4.69) is 68.4 Å². The Hall–Kier alpha value is -2.28. The molecule has 2 aliphatic carbocycles. The van der Waals surface area contributed by atoms with Gasteiger partial charge in [0.25, 0.3) is 0 Å². The molecule has 2 saturated carbocycles. The van der Waals surface area contributed by atoms with Crippen LogP contribution in [0.2, 0.25) is 0 Å². The van der Waals surface area contributed by atoms with E-state index in [0.717, 1.165) is 34.8 Å². The molecule has 1 aromatic heterocycles. The van der Waals surface area contributed by atoms with Crippen molar-refractivity contribution in [2.45, 2.75) is 45.4 Å². The van der Waals surface area contributed by atoms with Crippen molar-refractivity contribution < 1.29 is 4.42 Å². The summed E-state index contributed by atoms with van der Waals surface area (Å²) in [5.41, 5.74) is 3.65. The van der Waals surface area contributed by atoms with Crippen molar-refractivity contribution in [2.75, 3.05) is 0 Å². The van der Waals surface area contributed by atoms with Crippen LogP contribution in [0.4, 0.5) is 0 Å². The van der Waals surface area contributed by atoms with Crippen LogP contribution in [0.5, 0.6) is 0 Å². The summed E-state index contributed by atoms with van der Waals surface area (Å²) in [6.45, 7) is 4.96. The van der Waals surface area contributed by atoms with Crippen LogP contribution in [0.15, 0.2) is 59.0 Å². The molecule has 142 valence electrons. The Labute approximate surface area is 166 Å². The quantitative estimate of drug-likeness (QED) is 0.332. The van der Waals surface area contributed by atoms with Gasteiger partial charge in [0.05, 0.1) is 0 Å². The van der Waals surface area contributed by atoms with E-state index in [0.29, 0.717) is 5.92 Å². The van der Waals surface area contributed by atoms with Crippen LogP contribution >= 0.6 is 0 Å². The smallest absolute Gasteiger partial charge is 0.143 e. The molecule has 6 rings (SSSR count). The van der Waals surface area contributed by atoms with Crippen molar-refractivity contribution >= 4 is 32.7 Å². The van der Waals surface area contributed by atoms with Gasteiger partial charge in [0.1, 0.15) is 11.2 Å². The normalized spacial score (nSPS) is 30.3. The second-order valence-electron chi connectivity index (χ2n) is 9.66. The predicted octanol–water partition coefficient (Wildman–Crippen LogP) is 7.92. The summed E-state index contributed by atoms with van der Waals surface area (Å²) in [7, 11) is 0. The summed E-state index contributed by atoms with van der Waals surface area (Å²) in [5, 5.41) is 5.15. The van der Waals surface area contributed by atoms with Gasteiger partial charge in [-0.3, -0.25) is 0 Å². The minimum absolute atomic E-state index is 0.662. The first-order valence-electron chi connectivity index (χ1n) is 11.0. The molecule has 2 fully saturated rings. The zero-order chi connectivity index (χ0) is 18.8. The number of fused-ring (bicyclic) bond motifs is 7. The van der Waals surface area contributed by atoms with Crippen LogP contribution in [0, 0.1) is 23.7 Å². The maximum atomic E-state index is 6.46. The second kappa shape index (κ2) is 6.11. The Bertz CT molecular complexity index is 1180. The first-order chi connectivity index (χ1) is 13.7. The molecule has 1 heterocycles. The standard InChI is InChI=1S/C27H28O/c1-16-12-18-14-17(2)25(20(13-16)15-18)22-8-5-9-24-26(22)23-11-10-19-6-3-4-7-21(19)27(23)28-24/h3-11,16-18,20,25H,12-15H2,1-2H3. The minimum Gasteiger partial charge on any atom is -0.455 e. The molecule has 2 bridgehead atoms. The van der Waals surface area contributed by atoms with Gasteiger partial charge in [-0.25, -0.2) is 0 Å². The van der Waals surface area contributed by atoms with Crippen LogP contribution in [0.3, 0.4) is 0 Å². The highest BCUT2D eigenvalue weighted by atomic mass is 16.3. The van der Waals surface area contributed by atoms with Gasteiger partial charge < -0.3 is 4.42 Å². The number of furan rings is 1. The highest BCUT2D eigenvalue weighted by molar-refractivity contribution is 6.16. The van der Waals surface area contributed by atoms with Crippen molar-refractivity contribution in [2.24, 2.45) is 23.7 Å². The fourth-order valence-electron chi connectivity index (χ4n) is 6.84. The molecule has 1 heteroatoms. The third kappa shape index (κ3) is 2.38. The molecule has 1 nitrogen and oxygen atoms in total. The van der Waals surface area contributed by atoms with E-state index < -0.39 is 0 Å². The zero-order valence-corrected chi connectivity index (χ0v) is 16.8. The number of hydrogen-bond donors (Lipinski definition) is 0. The van der Waals surface area contributed by atoms with Crippen molar-refractivity contribution in [3.63, 3.8) is 0 Å². The Balaban J connectivity index is 1.60. The fraction of sp³-hybridized carbons (Fsp3) is 0.407. The second-order valence-corrected chi connectivity index (χ2v) is 9.66. The average Bonchev–Trinajstić information content (AvgIpc) is 3.07. The van der Waals surface area contributed by atoms with E-state index in [1.165, 1.54) is 52.8 Å². The SMILES string of the molecule is CC1CC2CC(C)C(c3cccc4oc5c6ccccc6ccc5c34)C(C1)C2. The van der Waals surface area contributed by atoms with E-state index in [1.807, 2.05) is 0 Å². The lowest BCUT2D eigenvalue weighted by molar-refractivity contribution is 0.0860. The zero-order valence-electron chi connectivity index (χ0n) is 16.8. The number of rotatable bonds is 1. The lowest BCUT2D eigenvalue weighted by Crippen LogP contribution is -2.35. The molecule has 0 N–H and O–H groups in total. The van der Waals surface area contributed by atoms with Crippen LogP contribution < -0.4 is 0 Å². The van der Waals surface area contributed by atoms with Gasteiger partial charge in [0.15, 0.2) is 0 Å². The van der Waals surface area contributed by atoms with Gasteiger partial charge in [-0.15, -0.1) is 0 Å². The molecule has 0 amide bonds. The lowest BCUT2D eigenvalue weighted by atomic mass is 9.58. The Kier molecular flexibility index (Phi) is 3.63. The lowest BCUT2D eigenvalue weighted by Gasteiger charge is -2.46. The molecule has 28 heavy (non-hydrogen) atoms. The highest BCUT2D eigenvalue weighted by Crippen LogP contribution is 2.53. The van der Waals surface area contributed by atoms with Crippen molar-refractivity contribution in [3.05, 3.63) is 60.2 Å². The van der Waals surface area contributed by atoms with Crippen molar-refractivity contribution in [3.8, 4) is 0 Å². The summed E-state index contributed by atoms with van der Waals surface area (Å²) >= 11 is 0.